The number of nitrogens with zero attached hydrogens (tertiary/aromatic N) is 2. The second-order valence-electron chi connectivity index (χ2n) is 18.2. The summed E-state index contributed by atoms with van der Waals surface area (Å²) in [5, 5.41) is 5.12. The van der Waals surface area contributed by atoms with Gasteiger partial charge in [0.25, 0.3) is 0 Å². The van der Waals surface area contributed by atoms with Crippen LogP contribution in [0, 0.1) is 0 Å². The molecule has 0 aliphatic heterocycles. The van der Waals surface area contributed by atoms with Crippen LogP contribution >= 0.6 is 0 Å². The maximum atomic E-state index is 2.48. The fraction of sp³-hybridized carbons (Fsp3) is 0.143. The van der Waals surface area contributed by atoms with Crippen molar-refractivity contribution in [2.24, 2.45) is 0 Å². The van der Waals surface area contributed by atoms with Crippen LogP contribution in [0.4, 0.5) is 0 Å². The Balaban J connectivity index is 1.16. The molecule has 0 aliphatic rings. The third-order valence-electron chi connectivity index (χ3n) is 12.6. The van der Waals surface area contributed by atoms with Crippen molar-refractivity contribution in [3.05, 3.63) is 205 Å². The fourth-order valence-electron chi connectivity index (χ4n) is 9.54. The van der Waals surface area contributed by atoms with Gasteiger partial charge in [-0.1, -0.05) is 53.7 Å². The normalized spacial score (nSPS) is 12.6. The van der Waals surface area contributed by atoms with E-state index >= 15 is 0 Å². The number of rotatable bonds is 6. The summed E-state index contributed by atoms with van der Waals surface area (Å²) in [4.78, 5) is 0. The molecule has 10 aromatic rings. The first-order valence-electron chi connectivity index (χ1n) is 20.9. The summed E-state index contributed by atoms with van der Waals surface area (Å²) in [7, 11) is 0. The molecule has 10 rings (SSSR count). The molecule has 2 nitrogen and oxygen atoms in total. The van der Waals surface area contributed by atoms with E-state index < -0.39 is 18.4 Å². The van der Waals surface area contributed by atoms with Crippen LogP contribution in [0.1, 0.15) is 52.7 Å². The molecular weight excluding hydrogens is 819 g/mol. The van der Waals surface area contributed by atoms with Gasteiger partial charge in [-0.25, -0.2) is 0 Å². The summed E-state index contributed by atoms with van der Waals surface area (Å²) in [6, 6.07) is 73.6. The van der Waals surface area contributed by atoms with Crippen LogP contribution in [-0.2, 0) is 10.8 Å². The number of hydrogen-bond donors (Lipinski definition) is 0. The van der Waals surface area contributed by atoms with Crippen LogP contribution in [0.15, 0.2) is 194 Å². The summed E-state index contributed by atoms with van der Waals surface area (Å²) in [6.07, 6.45) is 0. The predicted octanol–water partition coefficient (Wildman–Crippen LogP) is 11.9. The third kappa shape index (κ3) is 6.14. The van der Waals surface area contributed by atoms with Crippen molar-refractivity contribution in [3.8, 4) is 11.4 Å². The van der Waals surface area contributed by atoms with Crippen molar-refractivity contribution in [1.29, 1.82) is 0 Å². The van der Waals surface area contributed by atoms with Gasteiger partial charge in [0.2, 0.25) is 0 Å². The Labute approximate surface area is 352 Å². The average Bonchev–Trinajstić information content (AvgIpc) is 3.76. The number of benzene rings is 8. The number of hydrogen-bond acceptors (Lipinski definition) is 0. The zero-order valence-electron chi connectivity index (χ0n) is 34.9. The Bertz CT molecular complexity index is 2970. The molecule has 0 saturated carbocycles. The van der Waals surface area contributed by atoms with E-state index in [-0.39, 0.29) is 10.8 Å². The summed E-state index contributed by atoms with van der Waals surface area (Å²) < 4.78 is 10.7. The second-order valence-corrected chi connectivity index (χ2v) is 29.1. The quantitative estimate of drug-likeness (QED) is 0.147. The van der Waals surface area contributed by atoms with Gasteiger partial charge in [-0.15, -0.1) is 0 Å². The molecule has 2 aromatic heterocycles. The summed E-state index contributed by atoms with van der Waals surface area (Å²) in [5.41, 5.74) is 10.1. The first-order chi connectivity index (χ1) is 28.5. The summed E-state index contributed by atoms with van der Waals surface area (Å²) in [6.45, 7) is 13.8. The molecule has 0 spiro atoms. The zero-order chi connectivity index (χ0) is 40.5. The Morgan fingerprint density at radius 1 is 0.305 bits per heavy atom. The maximum absolute atomic E-state index is 3.73. The molecule has 59 heavy (non-hydrogen) atoms. The number of aromatic nitrogens is 2. The van der Waals surface area contributed by atoms with E-state index in [9.17, 15) is 0 Å². The molecule has 0 fully saturated rings. The predicted molar refractivity (Wildman–Crippen MR) is 256 cm³/mol. The Morgan fingerprint density at radius 2 is 0.661 bits per heavy atom. The molecule has 0 saturated heterocycles. The van der Waals surface area contributed by atoms with Gasteiger partial charge in [0, 0.05) is 0 Å². The standard InChI is InChI=1S/C38H35N2.3C6H5.Sn/c1-37(2,3)25-16-19-34-30(22-25)31-23-26(38(4,5)6)17-20-35(31)40(34)28-18-21-36-32(24-28)29-14-10-11-15-33(29)39(36)27-12-8-7-9-13-27;3*1-2-4-6-5-3-1;/h8-24H,1-6H3;3*1-5H;. The minimum absolute atomic E-state index is 0.0542. The van der Waals surface area contributed by atoms with Gasteiger partial charge in [0.1, 0.15) is 0 Å². The van der Waals surface area contributed by atoms with Crippen LogP contribution in [-0.4, -0.2) is 27.5 Å². The van der Waals surface area contributed by atoms with E-state index in [1.807, 2.05) is 0 Å². The van der Waals surface area contributed by atoms with E-state index in [1.165, 1.54) is 80.4 Å². The fourth-order valence-corrected chi connectivity index (χ4v) is 23.1. The Morgan fingerprint density at radius 3 is 1.14 bits per heavy atom. The molecule has 0 N–H and O–H groups in total. The summed E-state index contributed by atoms with van der Waals surface area (Å²) in [5.74, 6) is 0. The molecular formula is C56H50N2Sn. The second kappa shape index (κ2) is 14.2. The molecule has 0 aliphatic carbocycles. The number of fused-ring (bicyclic) bond motifs is 6. The van der Waals surface area contributed by atoms with Crippen molar-refractivity contribution in [3.63, 3.8) is 0 Å². The van der Waals surface area contributed by atoms with E-state index in [0.29, 0.717) is 0 Å². The van der Waals surface area contributed by atoms with Crippen LogP contribution < -0.4 is 14.3 Å². The zero-order valence-corrected chi connectivity index (χ0v) is 37.7. The summed E-state index contributed by atoms with van der Waals surface area (Å²) >= 11 is -3.73. The van der Waals surface area contributed by atoms with Gasteiger partial charge in [0.05, 0.1) is 0 Å². The van der Waals surface area contributed by atoms with Gasteiger partial charge in [0.15, 0.2) is 0 Å². The van der Waals surface area contributed by atoms with E-state index in [0.717, 1.165) is 0 Å². The van der Waals surface area contributed by atoms with Crippen LogP contribution in [0.25, 0.3) is 55.0 Å². The van der Waals surface area contributed by atoms with Crippen LogP contribution in [0.5, 0.6) is 0 Å². The van der Waals surface area contributed by atoms with Gasteiger partial charge in [-0.2, -0.15) is 0 Å². The monoisotopic (exact) mass is 870 g/mol. The van der Waals surface area contributed by atoms with Gasteiger partial charge < -0.3 is 0 Å². The minimum atomic E-state index is -3.73. The first kappa shape index (κ1) is 37.4. The SMILES string of the molecule is CC(C)(C)c1ccc2c(c1)c1cc(C(C)(C)C)ccc1n2-c1ccc2c(c1)c1ccccc1n2-c1cc[c]([Sn]([c]2ccccc2)([c]2ccccc2)[c]2ccccc2)cc1. The number of para-hydroxylation sites is 1. The van der Waals surface area contributed by atoms with Gasteiger partial charge in [-0.3, -0.25) is 0 Å². The molecule has 2 heterocycles. The van der Waals surface area contributed by atoms with Gasteiger partial charge in [-0.05, 0) is 34.1 Å². The average molecular weight is 870 g/mol. The van der Waals surface area contributed by atoms with Crippen molar-refractivity contribution in [1.82, 2.24) is 9.13 Å². The van der Waals surface area contributed by atoms with Crippen LogP contribution in [0.3, 0.4) is 0 Å². The third-order valence-corrected chi connectivity index (χ3v) is 26.3. The molecule has 8 aromatic carbocycles. The molecule has 3 heteroatoms. The first-order valence-corrected chi connectivity index (χ1v) is 26.6. The van der Waals surface area contributed by atoms with Crippen molar-refractivity contribution < 1.29 is 0 Å². The van der Waals surface area contributed by atoms with E-state index in [4.69, 9.17) is 0 Å². The molecule has 0 radical (unpaired) electrons. The van der Waals surface area contributed by atoms with Crippen molar-refractivity contribution >= 4 is 76.3 Å². The topological polar surface area (TPSA) is 9.86 Å². The Hall–Kier alpha value is -5.84. The molecule has 0 bridgehead atoms. The van der Waals surface area contributed by atoms with Crippen LogP contribution in [0.2, 0.25) is 0 Å². The molecule has 0 atom stereocenters. The molecule has 288 valence electrons. The molecule has 0 unspecified atom stereocenters. The van der Waals surface area contributed by atoms with Crippen molar-refractivity contribution in [2.75, 3.05) is 0 Å². The van der Waals surface area contributed by atoms with Crippen molar-refractivity contribution in [2.45, 2.75) is 52.4 Å². The van der Waals surface area contributed by atoms with E-state index in [2.05, 4.69) is 245 Å². The van der Waals surface area contributed by atoms with E-state index in [1.54, 1.807) is 0 Å². The molecule has 0 amide bonds. The van der Waals surface area contributed by atoms with Gasteiger partial charge >= 0.3 is 267 Å². The Kier molecular flexibility index (Phi) is 8.99.